The van der Waals surface area contributed by atoms with Crippen molar-refractivity contribution in [2.24, 2.45) is 5.92 Å². The molecule has 2 aliphatic rings. The number of benzene rings is 1. The number of aromatic nitrogens is 5. The monoisotopic (exact) mass is 566 g/mol. The van der Waals surface area contributed by atoms with E-state index in [1.54, 1.807) is 17.2 Å². The smallest absolute Gasteiger partial charge is 0.319 e. The van der Waals surface area contributed by atoms with E-state index in [4.69, 9.17) is 31.0 Å². The maximum atomic E-state index is 14.6. The zero-order valence-electron chi connectivity index (χ0n) is 22.1. The lowest BCUT2D eigenvalue weighted by Gasteiger charge is -2.35. The van der Waals surface area contributed by atoms with E-state index in [-0.39, 0.29) is 40.6 Å². The summed E-state index contributed by atoms with van der Waals surface area (Å²) in [5, 5.41) is 7.71. The third kappa shape index (κ3) is 4.77. The van der Waals surface area contributed by atoms with Crippen LogP contribution in [0.15, 0.2) is 37.2 Å². The summed E-state index contributed by atoms with van der Waals surface area (Å²) in [5.74, 6) is 0.364. The quantitative estimate of drug-likeness (QED) is 0.349. The number of nitrogens with one attached hydrogen (secondary N) is 1. The number of pyridine rings is 1. The second kappa shape index (κ2) is 10.5. The molecule has 0 spiro atoms. The lowest BCUT2D eigenvalue weighted by atomic mass is 10.1. The Morgan fingerprint density at radius 2 is 2.02 bits per heavy atom. The zero-order valence-corrected chi connectivity index (χ0v) is 22.9. The molecule has 0 aliphatic carbocycles. The van der Waals surface area contributed by atoms with E-state index in [1.165, 1.54) is 18.3 Å². The number of ether oxygens (including phenoxy) is 2. The number of amides is 1. The Bertz CT molecular complexity index is 1610. The number of nitrogens with zero attached hydrogens (tertiary/aromatic N) is 7. The van der Waals surface area contributed by atoms with Gasteiger partial charge in [0.05, 0.1) is 22.5 Å². The number of hydrogen-bond donors (Lipinski definition) is 1. The molecular weight excluding hydrogens is 539 g/mol. The van der Waals surface area contributed by atoms with Crippen LogP contribution in [0.4, 0.5) is 10.2 Å². The van der Waals surface area contributed by atoms with Gasteiger partial charge in [0.15, 0.2) is 5.75 Å². The van der Waals surface area contributed by atoms with Gasteiger partial charge in [-0.3, -0.25) is 9.89 Å². The molecule has 1 amide bonds. The van der Waals surface area contributed by atoms with Crippen LogP contribution in [0.1, 0.15) is 6.92 Å². The number of carbonyl (C=O) groups excluding carboxylic acids is 1. The fraction of sp³-hybridized carbons (Fsp3) is 0.370. The molecule has 3 aromatic heterocycles. The molecule has 0 saturated carbocycles. The summed E-state index contributed by atoms with van der Waals surface area (Å²) in [6.45, 7) is 9.51. The van der Waals surface area contributed by atoms with E-state index in [0.29, 0.717) is 53.8 Å². The number of hydrogen-bond acceptors (Lipinski definition) is 9. The Balaban J connectivity index is 1.43. The fourth-order valence-electron chi connectivity index (χ4n) is 5.29. The van der Waals surface area contributed by atoms with Crippen molar-refractivity contribution in [2.75, 3.05) is 51.2 Å². The van der Waals surface area contributed by atoms with Crippen molar-refractivity contribution in [3.63, 3.8) is 0 Å². The van der Waals surface area contributed by atoms with Crippen LogP contribution in [-0.2, 0) is 4.79 Å². The molecule has 2 fully saturated rings. The Morgan fingerprint density at radius 1 is 1.23 bits per heavy atom. The van der Waals surface area contributed by atoms with Crippen molar-refractivity contribution in [1.82, 2.24) is 34.9 Å². The molecule has 1 N–H and O–H groups in total. The summed E-state index contributed by atoms with van der Waals surface area (Å²) < 4.78 is 27.1. The van der Waals surface area contributed by atoms with E-state index >= 15 is 0 Å². The highest BCUT2D eigenvalue weighted by molar-refractivity contribution is 6.33. The van der Waals surface area contributed by atoms with Gasteiger partial charge in [-0.25, -0.2) is 9.37 Å². The third-order valence-corrected chi connectivity index (χ3v) is 7.73. The van der Waals surface area contributed by atoms with Crippen molar-refractivity contribution in [3.8, 4) is 17.6 Å². The van der Waals surface area contributed by atoms with Crippen LogP contribution < -0.4 is 14.4 Å². The molecule has 1 aromatic carbocycles. The molecule has 0 bridgehead atoms. The topological polar surface area (TPSA) is 113 Å². The van der Waals surface area contributed by atoms with E-state index in [2.05, 4.69) is 38.5 Å². The highest BCUT2D eigenvalue weighted by Gasteiger charge is 2.31. The van der Waals surface area contributed by atoms with Crippen molar-refractivity contribution in [2.45, 2.75) is 13.0 Å². The maximum Gasteiger partial charge on any atom is 0.319 e. The lowest BCUT2D eigenvalue weighted by molar-refractivity contribution is -0.126. The summed E-state index contributed by atoms with van der Waals surface area (Å²) in [4.78, 5) is 32.1. The van der Waals surface area contributed by atoms with Crippen LogP contribution in [0.3, 0.4) is 0 Å². The lowest BCUT2D eigenvalue weighted by Crippen LogP contribution is -2.48. The van der Waals surface area contributed by atoms with Crippen molar-refractivity contribution < 1.29 is 18.7 Å². The first-order valence-corrected chi connectivity index (χ1v) is 13.4. The van der Waals surface area contributed by atoms with Crippen LogP contribution in [0.25, 0.3) is 21.8 Å². The minimum Gasteiger partial charge on any atom is -0.458 e. The highest BCUT2D eigenvalue weighted by atomic mass is 35.5. The SMILES string of the molecule is C=CC(=O)N1CCN(c2nc(O[C@@H]3CN(C)C[C@H]3C)nc3c(Oc4c(Cl)c(F)cc5[nH]ncc45)nccc23)CC1. The van der Waals surface area contributed by atoms with Crippen molar-refractivity contribution in [3.05, 3.63) is 48.0 Å². The van der Waals surface area contributed by atoms with Gasteiger partial charge in [0, 0.05) is 57.4 Å². The summed E-state index contributed by atoms with van der Waals surface area (Å²) >= 11 is 6.33. The van der Waals surface area contributed by atoms with Gasteiger partial charge in [0.1, 0.15) is 28.3 Å². The summed E-state index contributed by atoms with van der Waals surface area (Å²) in [6, 6.07) is 3.25. The molecule has 6 rings (SSSR count). The van der Waals surface area contributed by atoms with Crippen LogP contribution in [-0.4, -0.2) is 93.3 Å². The minimum atomic E-state index is -0.653. The molecule has 5 heterocycles. The van der Waals surface area contributed by atoms with Gasteiger partial charge in [-0.05, 0) is 19.2 Å². The van der Waals surface area contributed by atoms with Gasteiger partial charge < -0.3 is 24.2 Å². The number of fused-ring (bicyclic) bond motifs is 2. The van der Waals surface area contributed by atoms with Crippen LogP contribution in [0.5, 0.6) is 17.6 Å². The molecule has 11 nitrogen and oxygen atoms in total. The van der Waals surface area contributed by atoms with E-state index in [1.807, 2.05) is 7.05 Å². The molecule has 0 radical (unpaired) electrons. The first-order valence-electron chi connectivity index (χ1n) is 13.0. The predicted octanol–water partition coefficient (Wildman–Crippen LogP) is 3.65. The number of rotatable bonds is 6. The standard InChI is InChI=1S/C27H28ClFN8O3/c1-4-21(38)36-7-9-37(10-8-36)25-16-5-6-30-26(40-24-17-12-31-34-19(17)11-18(29)22(24)28)23(16)32-27(33-25)39-20-14-35(3)13-15(20)2/h4-6,11-12,15,20H,1,7-10,13-14H2,2-3H3,(H,31,34)/t15-,20-/m1/s1. The molecule has 2 aliphatic heterocycles. The highest BCUT2D eigenvalue weighted by Crippen LogP contribution is 2.40. The van der Waals surface area contributed by atoms with Gasteiger partial charge >= 0.3 is 6.01 Å². The van der Waals surface area contributed by atoms with E-state index in [9.17, 15) is 9.18 Å². The molecule has 2 saturated heterocycles. The number of anilines is 1. The average Bonchev–Trinajstić information content (AvgIpc) is 3.55. The first kappa shape index (κ1) is 26.2. The Kier molecular flexibility index (Phi) is 6.88. The Morgan fingerprint density at radius 3 is 2.75 bits per heavy atom. The second-order valence-corrected chi connectivity index (χ2v) is 10.5. The zero-order chi connectivity index (χ0) is 28.0. The number of likely N-dealkylation sites (tertiary alicyclic amines) is 1. The molecule has 208 valence electrons. The summed E-state index contributed by atoms with van der Waals surface area (Å²) in [7, 11) is 2.05. The number of H-pyrrole nitrogens is 1. The van der Waals surface area contributed by atoms with Crippen LogP contribution in [0, 0.1) is 11.7 Å². The summed E-state index contributed by atoms with van der Waals surface area (Å²) in [5.41, 5.74) is 0.825. The Hall–Kier alpha value is -4.03. The van der Waals surface area contributed by atoms with E-state index in [0.717, 1.165) is 13.1 Å². The number of aromatic amines is 1. The number of carbonyl (C=O) groups is 1. The molecule has 4 aromatic rings. The maximum absolute atomic E-state index is 14.6. The summed E-state index contributed by atoms with van der Waals surface area (Å²) in [6.07, 6.45) is 4.32. The third-order valence-electron chi connectivity index (χ3n) is 7.38. The van der Waals surface area contributed by atoms with Gasteiger partial charge in [-0.2, -0.15) is 15.1 Å². The normalized spacial score (nSPS) is 19.9. The fourth-order valence-corrected chi connectivity index (χ4v) is 5.49. The van der Waals surface area contributed by atoms with Gasteiger partial charge in [-0.15, -0.1) is 0 Å². The molecule has 2 atom stereocenters. The average molecular weight is 567 g/mol. The largest absolute Gasteiger partial charge is 0.458 e. The predicted molar refractivity (Wildman–Crippen MR) is 149 cm³/mol. The van der Waals surface area contributed by atoms with Gasteiger partial charge in [-0.1, -0.05) is 25.1 Å². The van der Waals surface area contributed by atoms with Crippen molar-refractivity contribution >= 4 is 45.1 Å². The van der Waals surface area contributed by atoms with Crippen molar-refractivity contribution in [1.29, 1.82) is 0 Å². The van der Waals surface area contributed by atoms with Crippen LogP contribution >= 0.6 is 11.6 Å². The number of likely N-dealkylation sites (N-methyl/N-ethyl adjacent to an activating group) is 1. The van der Waals surface area contributed by atoms with Gasteiger partial charge in [0.2, 0.25) is 11.8 Å². The second-order valence-electron chi connectivity index (χ2n) is 10.1. The number of piperazine rings is 1. The van der Waals surface area contributed by atoms with Crippen LogP contribution in [0.2, 0.25) is 5.02 Å². The van der Waals surface area contributed by atoms with E-state index < -0.39 is 5.82 Å². The van der Waals surface area contributed by atoms with Gasteiger partial charge in [0.25, 0.3) is 0 Å². The number of halogens is 2. The first-order chi connectivity index (χ1) is 19.3. The Labute approximate surface area is 234 Å². The molecular formula is C27H28ClFN8O3. The molecule has 0 unspecified atom stereocenters. The molecule has 13 heteroatoms. The minimum absolute atomic E-state index is 0.0793. The molecule has 40 heavy (non-hydrogen) atoms.